The Morgan fingerprint density at radius 2 is 1.69 bits per heavy atom. The first-order valence-corrected chi connectivity index (χ1v) is 19.7. The summed E-state index contributed by atoms with van der Waals surface area (Å²) in [4.78, 5) is 11.7. The van der Waals surface area contributed by atoms with E-state index in [0.717, 1.165) is 64.5 Å². The van der Waals surface area contributed by atoms with E-state index < -0.39 is 17.5 Å². The minimum Gasteiger partial charge on any atom is -0.468 e. The van der Waals surface area contributed by atoms with Gasteiger partial charge in [-0.2, -0.15) is 9.97 Å². The minimum atomic E-state index is -0.896. The molecule has 9 rings (SSSR count). The maximum Gasteiger partial charge on any atom is 0.319 e. The van der Waals surface area contributed by atoms with Crippen LogP contribution < -0.4 is 14.4 Å². The summed E-state index contributed by atoms with van der Waals surface area (Å²) in [5.74, 6) is 2.90. The lowest BCUT2D eigenvalue weighted by molar-refractivity contribution is -0.0276. The van der Waals surface area contributed by atoms with Gasteiger partial charge in [-0.1, -0.05) is 12.0 Å². The van der Waals surface area contributed by atoms with Crippen LogP contribution in [0.15, 0.2) is 30.3 Å². The first-order chi connectivity index (χ1) is 26.2. The second kappa shape index (κ2) is 13.9. The van der Waals surface area contributed by atoms with E-state index in [1.807, 2.05) is 0 Å². The zero-order valence-electron chi connectivity index (χ0n) is 30.9. The van der Waals surface area contributed by atoms with E-state index in [-0.39, 0.29) is 56.9 Å². The fourth-order valence-electron chi connectivity index (χ4n) is 10.7. The quantitative estimate of drug-likeness (QED) is 0.121. The molecule has 5 fully saturated rings. The Labute approximate surface area is 314 Å². The highest BCUT2D eigenvalue weighted by atomic mass is 19.1. The second-order valence-electron chi connectivity index (χ2n) is 17.3. The zero-order chi connectivity index (χ0) is 37.2. The molecule has 4 aliphatic carbocycles. The molecule has 54 heavy (non-hydrogen) atoms. The number of methoxy groups -OCH3 is 1. The number of aliphatic hydroxyl groups is 1. The summed E-state index contributed by atoms with van der Waals surface area (Å²) in [5, 5.41) is 10.5. The average Bonchev–Trinajstić information content (AvgIpc) is 3.85. The van der Waals surface area contributed by atoms with Crippen molar-refractivity contribution in [3.63, 3.8) is 0 Å². The normalized spacial score (nSPS) is 26.9. The highest BCUT2D eigenvalue weighted by Crippen LogP contribution is 2.59. The summed E-state index contributed by atoms with van der Waals surface area (Å²) in [5.41, 5.74) is 0.0294. The lowest BCUT2D eigenvalue weighted by Gasteiger charge is -2.51. The average molecular weight is 740 g/mol. The number of hydrogen-bond donors (Lipinski definition) is 1. The number of aromatic nitrogens is 2. The third-order valence-electron chi connectivity index (χ3n) is 13.6. The van der Waals surface area contributed by atoms with Gasteiger partial charge < -0.3 is 24.2 Å². The Morgan fingerprint density at radius 3 is 2.37 bits per heavy atom. The summed E-state index contributed by atoms with van der Waals surface area (Å²) in [7, 11) is 1.47. The number of halogens is 3. The van der Waals surface area contributed by atoms with E-state index in [1.165, 1.54) is 57.1 Å². The maximum absolute atomic E-state index is 17.3. The number of hydrogen-bond acceptors (Lipinski definition) is 7. The van der Waals surface area contributed by atoms with Gasteiger partial charge in [-0.05, 0) is 136 Å². The summed E-state index contributed by atoms with van der Waals surface area (Å²) in [6, 6.07) is 7.25. The maximum atomic E-state index is 17.3. The predicted molar refractivity (Wildman–Crippen MR) is 202 cm³/mol. The SMILES string of the molecule is C#Cc1c(F)ccc2cc(OCOC)cc(-c3c(F)cc4c(N5CC6CCC(C6)C5)nc(OCC5(CC6CCC7(CC6)CC(CO)C7)CC5)nc4c3F)c12. The van der Waals surface area contributed by atoms with Gasteiger partial charge >= 0.3 is 6.01 Å². The number of ether oxygens (including phenoxy) is 3. The first-order valence-electron chi connectivity index (χ1n) is 19.7. The molecule has 2 heterocycles. The van der Waals surface area contributed by atoms with Crippen LogP contribution in [0.25, 0.3) is 32.8 Å². The smallest absolute Gasteiger partial charge is 0.319 e. The first kappa shape index (κ1) is 35.6. The van der Waals surface area contributed by atoms with Gasteiger partial charge in [-0.3, -0.25) is 0 Å². The lowest BCUT2D eigenvalue weighted by atomic mass is 9.54. The molecule has 1 N–H and O–H groups in total. The summed E-state index contributed by atoms with van der Waals surface area (Å²) >= 11 is 0. The summed E-state index contributed by atoms with van der Waals surface area (Å²) < 4.78 is 66.3. The number of terminal acetylenes is 1. The number of nitrogens with zero attached hydrogens (tertiary/aromatic N) is 3. The fraction of sp³-hybridized carbons (Fsp3) is 0.545. The molecule has 1 saturated heterocycles. The number of rotatable bonds is 11. The van der Waals surface area contributed by atoms with Crippen LogP contribution in [-0.4, -0.2) is 55.3 Å². The number of piperidine rings is 1. The Morgan fingerprint density at radius 1 is 0.926 bits per heavy atom. The molecule has 5 aliphatic rings. The topological polar surface area (TPSA) is 76.9 Å². The van der Waals surface area contributed by atoms with E-state index in [4.69, 9.17) is 25.6 Å². The van der Waals surface area contributed by atoms with E-state index in [2.05, 4.69) is 15.8 Å². The molecular weight excluding hydrogens is 691 g/mol. The third-order valence-corrected chi connectivity index (χ3v) is 13.6. The lowest BCUT2D eigenvalue weighted by Crippen LogP contribution is -2.42. The third kappa shape index (κ3) is 6.45. The fourth-order valence-corrected chi connectivity index (χ4v) is 10.7. The Hall–Kier alpha value is -4.07. The molecule has 3 aromatic carbocycles. The van der Waals surface area contributed by atoms with E-state index in [9.17, 15) is 5.11 Å². The van der Waals surface area contributed by atoms with Crippen LogP contribution in [0.4, 0.5) is 19.0 Å². The zero-order valence-corrected chi connectivity index (χ0v) is 30.9. The van der Waals surface area contributed by atoms with Crippen molar-refractivity contribution in [2.75, 3.05) is 45.1 Å². The molecule has 2 unspecified atom stereocenters. The molecule has 4 aromatic rings. The van der Waals surface area contributed by atoms with Crippen LogP contribution in [0, 0.1) is 64.3 Å². The van der Waals surface area contributed by atoms with Crippen LogP contribution in [0.3, 0.4) is 0 Å². The Kier molecular flexibility index (Phi) is 9.17. The van der Waals surface area contributed by atoms with E-state index in [1.54, 1.807) is 6.07 Å². The molecule has 1 aromatic heterocycles. The summed E-state index contributed by atoms with van der Waals surface area (Å²) in [6.45, 7) is 2.17. The van der Waals surface area contributed by atoms with Gasteiger partial charge in [0.05, 0.1) is 17.7 Å². The second-order valence-corrected chi connectivity index (χ2v) is 17.3. The highest BCUT2D eigenvalue weighted by molar-refractivity contribution is 6.04. The molecule has 1 aliphatic heterocycles. The van der Waals surface area contributed by atoms with Gasteiger partial charge in [0.25, 0.3) is 0 Å². The molecule has 7 nitrogen and oxygen atoms in total. The highest BCUT2D eigenvalue weighted by Gasteiger charge is 2.49. The van der Waals surface area contributed by atoms with Gasteiger partial charge in [-0.15, -0.1) is 6.42 Å². The Balaban J connectivity index is 1.08. The van der Waals surface area contributed by atoms with Crippen molar-refractivity contribution in [1.82, 2.24) is 9.97 Å². The standard InChI is InChI=1S/C44H48F3N3O4/c1-3-32-35(45)7-6-30-15-31(54-25-52-2)16-33(37(30)32)38-36(46)17-34-40(39(38)47)48-42(49-41(34)50-21-27-4-5-28(14-27)22-50)53-24-44(12-13-44)18-26-8-10-43(11-9-26)19-29(20-43)23-51/h1,6-7,15-17,26-29,51H,4-5,8-14,18-25H2,2H3. The van der Waals surface area contributed by atoms with Crippen LogP contribution in [0.2, 0.25) is 0 Å². The minimum absolute atomic E-state index is 0.0505. The molecule has 0 amide bonds. The van der Waals surface area contributed by atoms with E-state index >= 15 is 13.2 Å². The molecule has 2 bridgehead atoms. The van der Waals surface area contributed by atoms with Gasteiger partial charge in [0, 0.05) is 48.6 Å². The monoisotopic (exact) mass is 739 g/mol. The number of fused-ring (bicyclic) bond motifs is 4. The van der Waals surface area contributed by atoms with Crippen molar-refractivity contribution >= 4 is 27.5 Å². The number of aliphatic hydroxyl groups excluding tert-OH is 1. The van der Waals surface area contributed by atoms with Gasteiger partial charge in [-0.25, -0.2) is 13.2 Å². The van der Waals surface area contributed by atoms with Crippen molar-refractivity contribution in [3.8, 4) is 35.2 Å². The van der Waals surface area contributed by atoms with Gasteiger partial charge in [0.2, 0.25) is 0 Å². The van der Waals surface area contributed by atoms with Crippen molar-refractivity contribution in [2.24, 2.45) is 34.5 Å². The van der Waals surface area contributed by atoms with Crippen molar-refractivity contribution in [3.05, 3.63) is 53.3 Å². The van der Waals surface area contributed by atoms with Gasteiger partial charge in [0.15, 0.2) is 12.6 Å². The van der Waals surface area contributed by atoms with Crippen LogP contribution in [0.5, 0.6) is 11.8 Å². The van der Waals surface area contributed by atoms with Crippen LogP contribution in [0.1, 0.15) is 82.6 Å². The molecule has 10 heteroatoms. The molecule has 284 valence electrons. The number of benzene rings is 3. The molecular formula is C44H48F3N3O4. The van der Waals surface area contributed by atoms with Gasteiger partial charge in [0.1, 0.15) is 28.7 Å². The molecule has 0 radical (unpaired) electrons. The summed E-state index contributed by atoms with van der Waals surface area (Å²) in [6.07, 6.45) is 19.7. The molecule has 1 spiro atoms. The van der Waals surface area contributed by atoms with Crippen molar-refractivity contribution < 1.29 is 32.5 Å². The van der Waals surface area contributed by atoms with E-state index in [0.29, 0.717) is 53.5 Å². The van der Waals surface area contributed by atoms with Crippen LogP contribution in [-0.2, 0) is 4.74 Å². The van der Waals surface area contributed by atoms with Crippen molar-refractivity contribution in [2.45, 2.75) is 77.0 Å². The molecule has 2 atom stereocenters. The predicted octanol–water partition coefficient (Wildman–Crippen LogP) is 9.20. The van der Waals surface area contributed by atoms with Crippen molar-refractivity contribution in [1.29, 1.82) is 0 Å². The Bertz CT molecular complexity index is 2120. The van der Waals surface area contributed by atoms with Crippen LogP contribution >= 0.6 is 0 Å². The molecule has 4 saturated carbocycles. The number of anilines is 1. The largest absolute Gasteiger partial charge is 0.468 e.